The predicted molar refractivity (Wildman–Crippen MR) is 66.8 cm³/mol. The van der Waals surface area contributed by atoms with E-state index in [2.05, 4.69) is 35.6 Å². The first kappa shape index (κ1) is 12.3. The molecule has 0 aromatic carbocycles. The zero-order valence-corrected chi connectivity index (χ0v) is 10.7. The smallest absolute Gasteiger partial charge is 0.151 e. The van der Waals surface area contributed by atoms with Crippen LogP contribution in [0, 0.1) is 0 Å². The average molecular weight is 236 g/mol. The first-order valence-electron chi connectivity index (χ1n) is 5.94. The van der Waals surface area contributed by atoms with Gasteiger partial charge < -0.3 is 15.4 Å². The number of rotatable bonds is 2. The van der Waals surface area contributed by atoms with Crippen LogP contribution in [-0.2, 0) is 11.3 Å². The lowest BCUT2D eigenvalue weighted by atomic mass is 10.1. The molecule has 0 bridgehead atoms. The topological polar surface area (TPSA) is 64.3 Å². The summed E-state index contributed by atoms with van der Waals surface area (Å²) in [6.45, 7) is 8.31. The Morgan fingerprint density at radius 3 is 2.82 bits per heavy atom. The molecular weight excluding hydrogens is 216 g/mol. The highest BCUT2D eigenvalue weighted by molar-refractivity contribution is 5.44. The highest BCUT2D eigenvalue weighted by atomic mass is 16.5. The molecule has 0 spiro atoms. The summed E-state index contributed by atoms with van der Waals surface area (Å²) < 4.78 is 5.88. The van der Waals surface area contributed by atoms with Gasteiger partial charge in [-0.2, -0.15) is 0 Å². The fourth-order valence-electron chi connectivity index (χ4n) is 2.38. The van der Waals surface area contributed by atoms with Gasteiger partial charge in [-0.3, -0.25) is 4.98 Å². The van der Waals surface area contributed by atoms with Gasteiger partial charge in [-0.1, -0.05) is 0 Å². The Morgan fingerprint density at radius 1 is 1.47 bits per heavy atom. The Kier molecular flexibility index (Phi) is 3.31. The lowest BCUT2D eigenvalue weighted by Gasteiger charge is -2.42. The lowest BCUT2D eigenvalue weighted by Crippen LogP contribution is -2.52. The maximum absolute atomic E-state index is 5.88. The maximum Gasteiger partial charge on any atom is 0.151 e. The molecule has 1 saturated heterocycles. The molecule has 17 heavy (non-hydrogen) atoms. The van der Waals surface area contributed by atoms with Gasteiger partial charge >= 0.3 is 0 Å². The van der Waals surface area contributed by atoms with E-state index in [0.29, 0.717) is 6.54 Å². The molecule has 94 valence electrons. The van der Waals surface area contributed by atoms with Gasteiger partial charge in [0.05, 0.1) is 17.4 Å². The molecule has 1 unspecified atom stereocenters. The summed E-state index contributed by atoms with van der Waals surface area (Å²) in [5.74, 6) is 0.887. The SMILES string of the molecule is CC1CN(c2nccnc2CN)CC(C)(C)O1. The highest BCUT2D eigenvalue weighted by Crippen LogP contribution is 2.25. The standard InChI is InChI=1S/C12H20N4O/c1-9-7-16(8-12(2,3)17-9)11-10(6-13)14-4-5-15-11/h4-5,9H,6-8,13H2,1-3H3. The van der Waals surface area contributed by atoms with Gasteiger partial charge in [0, 0.05) is 32.0 Å². The van der Waals surface area contributed by atoms with Crippen molar-refractivity contribution in [2.24, 2.45) is 5.73 Å². The Bertz CT molecular complexity index is 394. The van der Waals surface area contributed by atoms with Crippen molar-refractivity contribution in [3.05, 3.63) is 18.1 Å². The minimum atomic E-state index is -0.166. The van der Waals surface area contributed by atoms with Crippen molar-refractivity contribution >= 4 is 5.82 Å². The van der Waals surface area contributed by atoms with Crippen molar-refractivity contribution in [2.45, 2.75) is 39.0 Å². The van der Waals surface area contributed by atoms with Crippen LogP contribution in [0.1, 0.15) is 26.5 Å². The third-order valence-corrected chi connectivity index (χ3v) is 2.81. The van der Waals surface area contributed by atoms with Crippen LogP contribution in [0.25, 0.3) is 0 Å². The largest absolute Gasteiger partial charge is 0.369 e. The van der Waals surface area contributed by atoms with Gasteiger partial charge in [0.1, 0.15) is 0 Å². The van der Waals surface area contributed by atoms with Gasteiger partial charge in [-0.05, 0) is 20.8 Å². The van der Waals surface area contributed by atoms with Gasteiger partial charge in [0.15, 0.2) is 5.82 Å². The molecule has 1 aliphatic heterocycles. The number of hydrogen-bond donors (Lipinski definition) is 1. The Hall–Kier alpha value is -1.20. The minimum absolute atomic E-state index is 0.166. The second-order valence-corrected chi connectivity index (χ2v) is 5.10. The zero-order chi connectivity index (χ0) is 12.5. The number of anilines is 1. The first-order valence-corrected chi connectivity index (χ1v) is 5.94. The third-order valence-electron chi connectivity index (χ3n) is 2.81. The second kappa shape index (κ2) is 4.58. The monoisotopic (exact) mass is 236 g/mol. The van der Waals surface area contributed by atoms with Crippen LogP contribution >= 0.6 is 0 Å². The first-order chi connectivity index (χ1) is 8.02. The van der Waals surface area contributed by atoms with E-state index in [4.69, 9.17) is 10.5 Å². The Balaban J connectivity index is 2.27. The predicted octanol–water partition coefficient (Wildman–Crippen LogP) is 0.939. The molecule has 0 radical (unpaired) electrons. The molecule has 5 nitrogen and oxygen atoms in total. The van der Waals surface area contributed by atoms with Gasteiger partial charge in [0.2, 0.25) is 0 Å². The van der Waals surface area contributed by atoms with Crippen LogP contribution in [0.5, 0.6) is 0 Å². The summed E-state index contributed by atoms with van der Waals surface area (Å²) in [6, 6.07) is 0. The van der Waals surface area contributed by atoms with Crippen molar-refractivity contribution in [2.75, 3.05) is 18.0 Å². The molecule has 0 amide bonds. The maximum atomic E-state index is 5.88. The second-order valence-electron chi connectivity index (χ2n) is 5.10. The molecule has 2 rings (SSSR count). The molecule has 2 N–H and O–H groups in total. The summed E-state index contributed by atoms with van der Waals surface area (Å²) in [5.41, 5.74) is 6.38. The van der Waals surface area contributed by atoms with Crippen molar-refractivity contribution in [1.29, 1.82) is 0 Å². The molecule has 2 heterocycles. The number of morpholine rings is 1. The Labute approximate surface area is 102 Å². The fourth-order valence-corrected chi connectivity index (χ4v) is 2.38. The quantitative estimate of drug-likeness (QED) is 0.828. The molecule has 1 aliphatic rings. The van der Waals surface area contributed by atoms with E-state index in [1.165, 1.54) is 0 Å². The molecule has 1 aromatic rings. The number of nitrogens with two attached hydrogens (primary N) is 1. The van der Waals surface area contributed by atoms with Crippen LogP contribution in [0.15, 0.2) is 12.4 Å². The van der Waals surface area contributed by atoms with Crippen LogP contribution in [0.4, 0.5) is 5.82 Å². The van der Waals surface area contributed by atoms with Crippen molar-refractivity contribution in [3.63, 3.8) is 0 Å². The van der Waals surface area contributed by atoms with Crippen LogP contribution in [-0.4, -0.2) is 34.8 Å². The van der Waals surface area contributed by atoms with Gasteiger partial charge in [-0.15, -0.1) is 0 Å². The molecule has 5 heteroatoms. The highest BCUT2D eigenvalue weighted by Gasteiger charge is 2.32. The van der Waals surface area contributed by atoms with Crippen LogP contribution in [0.2, 0.25) is 0 Å². The van der Waals surface area contributed by atoms with Crippen LogP contribution < -0.4 is 10.6 Å². The van der Waals surface area contributed by atoms with Crippen LogP contribution in [0.3, 0.4) is 0 Å². The third kappa shape index (κ3) is 2.73. The molecule has 1 atom stereocenters. The summed E-state index contributed by atoms with van der Waals surface area (Å²) in [4.78, 5) is 10.9. The lowest BCUT2D eigenvalue weighted by molar-refractivity contribution is -0.0752. The van der Waals surface area contributed by atoms with Crippen molar-refractivity contribution in [1.82, 2.24) is 9.97 Å². The van der Waals surface area contributed by atoms with E-state index in [9.17, 15) is 0 Å². The fraction of sp³-hybridized carbons (Fsp3) is 0.667. The zero-order valence-electron chi connectivity index (χ0n) is 10.7. The van der Waals surface area contributed by atoms with E-state index in [0.717, 1.165) is 24.6 Å². The number of nitrogens with zero attached hydrogens (tertiary/aromatic N) is 3. The van der Waals surface area contributed by atoms with Crippen molar-refractivity contribution < 1.29 is 4.74 Å². The summed E-state index contributed by atoms with van der Waals surface area (Å²) in [7, 11) is 0. The minimum Gasteiger partial charge on any atom is -0.369 e. The normalized spacial score (nSPS) is 23.8. The number of hydrogen-bond acceptors (Lipinski definition) is 5. The van der Waals surface area contributed by atoms with Gasteiger partial charge in [-0.25, -0.2) is 4.98 Å². The van der Waals surface area contributed by atoms with E-state index in [1.807, 2.05) is 0 Å². The molecular formula is C12H20N4O. The van der Waals surface area contributed by atoms with E-state index >= 15 is 0 Å². The number of aromatic nitrogens is 2. The van der Waals surface area contributed by atoms with E-state index in [-0.39, 0.29) is 11.7 Å². The summed E-state index contributed by atoms with van der Waals surface area (Å²) in [6.07, 6.45) is 3.58. The number of ether oxygens (including phenoxy) is 1. The van der Waals surface area contributed by atoms with Crippen molar-refractivity contribution in [3.8, 4) is 0 Å². The van der Waals surface area contributed by atoms with Gasteiger partial charge in [0.25, 0.3) is 0 Å². The average Bonchev–Trinajstić information content (AvgIpc) is 2.26. The van der Waals surface area contributed by atoms with E-state index in [1.54, 1.807) is 12.4 Å². The van der Waals surface area contributed by atoms with E-state index < -0.39 is 0 Å². The summed E-state index contributed by atoms with van der Waals surface area (Å²) >= 11 is 0. The molecule has 0 saturated carbocycles. The molecule has 0 aliphatic carbocycles. The molecule has 1 fully saturated rings. The Morgan fingerprint density at radius 2 is 2.18 bits per heavy atom. The molecule has 1 aromatic heterocycles. The summed E-state index contributed by atoms with van der Waals surface area (Å²) in [5, 5.41) is 0.